The Balaban J connectivity index is 1.23. The molecule has 0 atom stereocenters. The molecule has 0 bridgehead atoms. The molecule has 9 aromatic rings. The van der Waals surface area contributed by atoms with E-state index in [4.69, 9.17) is 0 Å². The van der Waals surface area contributed by atoms with E-state index < -0.39 is 8.07 Å². The summed E-state index contributed by atoms with van der Waals surface area (Å²) in [5.41, 5.74) is 9.75. The van der Waals surface area contributed by atoms with E-state index in [0.29, 0.717) is 0 Å². The third-order valence-corrected chi connectivity index (χ3v) is 17.5. The summed E-state index contributed by atoms with van der Waals surface area (Å²) < 4.78 is 2.41. The quantitative estimate of drug-likeness (QED) is 0.169. The van der Waals surface area contributed by atoms with E-state index >= 15 is 0 Å². The summed E-state index contributed by atoms with van der Waals surface area (Å²) in [6.45, 7) is 0. The molecule has 0 saturated carbocycles. The molecular weight excluding hydrogens is 665 g/mol. The highest BCUT2D eigenvalue weighted by Gasteiger charge is 2.52. The van der Waals surface area contributed by atoms with Crippen LogP contribution in [0.5, 0.6) is 0 Å². The molecule has 2 aliphatic heterocycles. The van der Waals surface area contributed by atoms with Crippen LogP contribution in [0.3, 0.4) is 0 Å². The number of para-hydroxylation sites is 3. The molecule has 0 fully saturated rings. The highest BCUT2D eigenvalue weighted by molar-refractivity contribution is 8.00. The molecule has 4 heteroatoms. The first-order valence-corrected chi connectivity index (χ1v) is 20.7. The SMILES string of the molecule is c1ccc(N(c2ccc3c(c2)[Si]2(c4ccccc4Sc4ccccc42)c2ccccc2-3)c2cccc3c2c2ccccc2n3-c2ccccc2)cc1. The Bertz CT molecular complexity index is 2800. The molecule has 244 valence electrons. The number of benzene rings is 8. The van der Waals surface area contributed by atoms with Gasteiger partial charge in [-0.15, -0.1) is 0 Å². The van der Waals surface area contributed by atoms with Crippen molar-refractivity contribution in [2.45, 2.75) is 9.79 Å². The molecule has 1 aromatic heterocycles. The number of rotatable bonds is 4. The average Bonchev–Trinajstić information content (AvgIpc) is 3.70. The lowest BCUT2D eigenvalue weighted by Crippen LogP contribution is -2.74. The minimum atomic E-state index is -2.67. The number of aromatic nitrogens is 1. The number of hydrogen-bond donors (Lipinski definition) is 0. The second kappa shape index (κ2) is 11.5. The predicted octanol–water partition coefficient (Wildman–Crippen LogP) is 10.1. The molecule has 0 N–H and O–H groups in total. The highest BCUT2D eigenvalue weighted by Crippen LogP contribution is 2.45. The summed E-state index contributed by atoms with van der Waals surface area (Å²) in [6.07, 6.45) is 0. The molecule has 8 aromatic carbocycles. The largest absolute Gasteiger partial charge is 0.310 e. The first kappa shape index (κ1) is 29.6. The van der Waals surface area contributed by atoms with Crippen molar-refractivity contribution in [1.82, 2.24) is 4.57 Å². The van der Waals surface area contributed by atoms with E-state index in [1.54, 1.807) is 0 Å². The molecule has 0 aliphatic carbocycles. The maximum Gasteiger partial charge on any atom is 0.183 e. The topological polar surface area (TPSA) is 8.17 Å². The summed E-state index contributed by atoms with van der Waals surface area (Å²) in [5.74, 6) is 0. The van der Waals surface area contributed by atoms with E-state index in [-0.39, 0.29) is 0 Å². The number of fused-ring (bicyclic) bond motifs is 12. The van der Waals surface area contributed by atoms with E-state index in [9.17, 15) is 0 Å². The van der Waals surface area contributed by atoms with Gasteiger partial charge in [0.05, 0.1) is 16.7 Å². The summed E-state index contributed by atoms with van der Waals surface area (Å²) in [4.78, 5) is 5.24. The average molecular weight is 697 g/mol. The molecule has 0 unspecified atom stereocenters. The molecule has 0 saturated heterocycles. The van der Waals surface area contributed by atoms with Crippen LogP contribution < -0.4 is 25.6 Å². The Morgan fingerprint density at radius 3 is 1.79 bits per heavy atom. The maximum absolute atomic E-state index is 2.67. The molecule has 0 radical (unpaired) electrons. The van der Waals surface area contributed by atoms with Gasteiger partial charge < -0.3 is 9.47 Å². The Morgan fingerprint density at radius 1 is 0.423 bits per heavy atom. The molecule has 0 amide bonds. The second-order valence-corrected chi connectivity index (χ2v) is 18.4. The van der Waals surface area contributed by atoms with E-state index in [1.165, 1.54) is 74.8 Å². The van der Waals surface area contributed by atoms with Crippen molar-refractivity contribution in [3.8, 4) is 16.8 Å². The van der Waals surface area contributed by atoms with E-state index in [1.807, 2.05) is 11.8 Å². The zero-order valence-corrected chi connectivity index (χ0v) is 30.1. The number of hydrogen-bond acceptors (Lipinski definition) is 2. The van der Waals surface area contributed by atoms with Gasteiger partial charge in [0, 0.05) is 37.6 Å². The summed E-state index contributed by atoms with van der Waals surface area (Å²) in [5, 5.41) is 8.41. The molecule has 2 nitrogen and oxygen atoms in total. The smallest absolute Gasteiger partial charge is 0.183 e. The number of anilines is 3. The van der Waals surface area contributed by atoms with Crippen LogP contribution in [-0.2, 0) is 0 Å². The predicted molar refractivity (Wildman–Crippen MR) is 222 cm³/mol. The van der Waals surface area contributed by atoms with Gasteiger partial charge in [0.2, 0.25) is 0 Å². The Morgan fingerprint density at radius 2 is 1.02 bits per heavy atom. The van der Waals surface area contributed by atoms with Crippen molar-refractivity contribution in [3.05, 3.63) is 194 Å². The fraction of sp³-hybridized carbons (Fsp3) is 0. The van der Waals surface area contributed by atoms with Gasteiger partial charge in [-0.25, -0.2) is 0 Å². The molecule has 3 heterocycles. The van der Waals surface area contributed by atoms with Crippen molar-refractivity contribution in [3.63, 3.8) is 0 Å². The number of nitrogens with zero attached hydrogens (tertiary/aromatic N) is 2. The lowest BCUT2D eigenvalue weighted by Gasteiger charge is -2.38. The van der Waals surface area contributed by atoms with Crippen LogP contribution in [0, 0.1) is 0 Å². The van der Waals surface area contributed by atoms with Crippen molar-refractivity contribution >= 4 is 79.5 Å². The molecule has 11 rings (SSSR count). The van der Waals surface area contributed by atoms with Crippen LogP contribution in [-0.4, -0.2) is 12.6 Å². The van der Waals surface area contributed by atoms with Gasteiger partial charge in [-0.05, 0) is 98.6 Å². The van der Waals surface area contributed by atoms with E-state index in [2.05, 4.69) is 204 Å². The molecular formula is C48H32N2SSi. The van der Waals surface area contributed by atoms with Gasteiger partial charge in [-0.2, -0.15) is 0 Å². The van der Waals surface area contributed by atoms with Gasteiger partial charge in [0.25, 0.3) is 0 Å². The minimum Gasteiger partial charge on any atom is -0.310 e. The van der Waals surface area contributed by atoms with Gasteiger partial charge >= 0.3 is 0 Å². The Hall–Kier alpha value is -6.07. The first-order valence-electron chi connectivity index (χ1n) is 17.9. The maximum atomic E-state index is 2.55. The van der Waals surface area contributed by atoms with Crippen molar-refractivity contribution in [2.24, 2.45) is 0 Å². The Labute approximate surface area is 308 Å². The van der Waals surface area contributed by atoms with Crippen LogP contribution in [0.15, 0.2) is 204 Å². The van der Waals surface area contributed by atoms with Crippen molar-refractivity contribution in [1.29, 1.82) is 0 Å². The fourth-order valence-electron chi connectivity index (χ4n) is 9.03. The first-order chi connectivity index (χ1) is 25.8. The van der Waals surface area contributed by atoms with Gasteiger partial charge in [-0.3, -0.25) is 0 Å². The lowest BCUT2D eigenvalue weighted by molar-refractivity contribution is 1.18. The van der Waals surface area contributed by atoms with Gasteiger partial charge in [0.15, 0.2) is 8.07 Å². The fourth-order valence-corrected chi connectivity index (χ4v) is 16.4. The van der Waals surface area contributed by atoms with Crippen LogP contribution >= 0.6 is 11.8 Å². The zero-order chi connectivity index (χ0) is 34.2. The normalized spacial score (nSPS) is 13.5. The highest BCUT2D eigenvalue weighted by atomic mass is 32.2. The van der Waals surface area contributed by atoms with Crippen LogP contribution in [0.25, 0.3) is 38.6 Å². The third-order valence-electron chi connectivity index (χ3n) is 11.0. The third kappa shape index (κ3) is 4.08. The zero-order valence-electron chi connectivity index (χ0n) is 28.3. The summed E-state index contributed by atoms with van der Waals surface area (Å²) >= 11 is 1.92. The summed E-state index contributed by atoms with van der Waals surface area (Å²) in [6, 6.07) is 72.1. The van der Waals surface area contributed by atoms with Gasteiger partial charge in [-0.1, -0.05) is 139 Å². The van der Waals surface area contributed by atoms with E-state index in [0.717, 1.165) is 11.4 Å². The van der Waals surface area contributed by atoms with Crippen molar-refractivity contribution < 1.29 is 0 Å². The van der Waals surface area contributed by atoms with Gasteiger partial charge in [0.1, 0.15) is 0 Å². The van der Waals surface area contributed by atoms with Crippen LogP contribution in [0.2, 0.25) is 0 Å². The minimum absolute atomic E-state index is 1.14. The molecule has 52 heavy (non-hydrogen) atoms. The Kier molecular flexibility index (Phi) is 6.54. The molecule has 2 aliphatic rings. The van der Waals surface area contributed by atoms with Crippen LogP contribution in [0.4, 0.5) is 17.1 Å². The lowest BCUT2D eigenvalue weighted by atomic mass is 10.0. The second-order valence-electron chi connectivity index (χ2n) is 13.7. The van der Waals surface area contributed by atoms with Crippen molar-refractivity contribution in [2.75, 3.05) is 4.90 Å². The standard InChI is InChI=1S/C48H32N2SSi/c1-3-16-33(17-4-1)49(40-23-15-24-41-48(40)38-21-7-9-22-39(38)50(41)34-18-5-2-6-19-34)35-30-31-37-36-20-8-12-27-44(36)52(47(37)32-35)45-28-13-10-25-42(45)51-43-26-11-14-29-46(43)52/h1-32H. The molecule has 1 spiro atoms. The monoisotopic (exact) mass is 696 g/mol. The summed E-state index contributed by atoms with van der Waals surface area (Å²) in [7, 11) is -2.67. The van der Waals surface area contributed by atoms with Crippen LogP contribution in [0.1, 0.15) is 0 Å².